The Morgan fingerprint density at radius 3 is 2.64 bits per heavy atom. The molecular weight excluding hydrogens is 316 g/mol. The molecule has 0 aromatic heterocycles. The van der Waals surface area contributed by atoms with Gasteiger partial charge in [-0.05, 0) is 43.7 Å². The molecule has 1 heterocycles. The van der Waals surface area contributed by atoms with Gasteiger partial charge in [-0.1, -0.05) is 29.8 Å². The molecule has 5 nitrogen and oxygen atoms in total. The first kappa shape index (κ1) is 16.8. The average Bonchev–Trinajstić information content (AvgIpc) is 2.60. The molecule has 0 radical (unpaired) electrons. The molecule has 2 amide bonds. The summed E-state index contributed by atoms with van der Waals surface area (Å²) >= 11 is 0. The zero-order valence-electron chi connectivity index (χ0n) is 14.4. The van der Waals surface area contributed by atoms with E-state index in [0.29, 0.717) is 17.1 Å². The molecule has 25 heavy (non-hydrogen) atoms. The number of hydrogen-bond donors (Lipinski definition) is 1. The zero-order valence-corrected chi connectivity index (χ0v) is 14.4. The number of amides is 2. The van der Waals surface area contributed by atoms with Crippen molar-refractivity contribution in [3.63, 3.8) is 0 Å². The molecule has 0 saturated heterocycles. The minimum absolute atomic E-state index is 0.116. The van der Waals surface area contributed by atoms with Crippen LogP contribution in [0.4, 0.5) is 11.4 Å². The second kappa shape index (κ2) is 6.81. The first-order valence-electron chi connectivity index (χ1n) is 8.08. The number of carbonyl (C=O) groups is 2. The van der Waals surface area contributed by atoms with Crippen molar-refractivity contribution in [1.29, 1.82) is 0 Å². The lowest BCUT2D eigenvalue weighted by Crippen LogP contribution is -2.41. The number of benzene rings is 2. The summed E-state index contributed by atoms with van der Waals surface area (Å²) in [5, 5.41) is 2.80. The SMILES string of the molecule is Cc1ccc(/C=C/C(=O)Nc2ccc3c(c2)N(C)C(=O)C(C)O3)cc1. The van der Waals surface area contributed by atoms with Crippen LogP contribution < -0.4 is 15.0 Å². The van der Waals surface area contributed by atoms with Crippen molar-refractivity contribution in [2.75, 3.05) is 17.3 Å². The summed E-state index contributed by atoms with van der Waals surface area (Å²) in [6.07, 6.45) is 2.74. The normalized spacial score (nSPS) is 16.5. The number of nitrogens with zero attached hydrogens (tertiary/aromatic N) is 1. The highest BCUT2D eigenvalue weighted by Gasteiger charge is 2.28. The Bertz CT molecular complexity index is 841. The van der Waals surface area contributed by atoms with E-state index in [1.807, 2.05) is 31.2 Å². The number of carbonyl (C=O) groups excluding carboxylic acids is 2. The summed E-state index contributed by atoms with van der Waals surface area (Å²) in [5.41, 5.74) is 3.38. The molecule has 0 saturated carbocycles. The average molecular weight is 336 g/mol. The largest absolute Gasteiger partial charge is 0.479 e. The standard InChI is InChI=1S/C20H20N2O3/c1-13-4-6-15(7-5-13)8-11-19(23)21-16-9-10-18-17(12-16)22(3)20(24)14(2)25-18/h4-12,14H,1-3H3,(H,21,23)/b11-8+. The number of ether oxygens (including phenoxy) is 1. The van der Waals surface area contributed by atoms with E-state index >= 15 is 0 Å². The summed E-state index contributed by atoms with van der Waals surface area (Å²) in [5.74, 6) is 0.276. The second-order valence-corrected chi connectivity index (χ2v) is 6.07. The van der Waals surface area contributed by atoms with Crippen LogP contribution in [0.2, 0.25) is 0 Å². The third-order valence-electron chi connectivity index (χ3n) is 4.07. The van der Waals surface area contributed by atoms with Crippen molar-refractivity contribution >= 4 is 29.3 Å². The molecule has 1 N–H and O–H groups in total. The first-order valence-corrected chi connectivity index (χ1v) is 8.08. The Balaban J connectivity index is 1.72. The monoisotopic (exact) mass is 336 g/mol. The van der Waals surface area contributed by atoms with E-state index in [2.05, 4.69) is 5.32 Å². The van der Waals surface area contributed by atoms with Crippen LogP contribution in [0.5, 0.6) is 5.75 Å². The minimum atomic E-state index is -0.504. The fraction of sp³-hybridized carbons (Fsp3) is 0.200. The summed E-state index contributed by atoms with van der Waals surface area (Å²) in [4.78, 5) is 25.7. The predicted octanol–water partition coefficient (Wildman–Crippen LogP) is 3.39. The molecule has 2 aromatic rings. The fourth-order valence-corrected chi connectivity index (χ4v) is 2.62. The Labute approximate surface area is 146 Å². The Morgan fingerprint density at radius 2 is 1.92 bits per heavy atom. The van der Waals surface area contributed by atoms with Gasteiger partial charge in [0, 0.05) is 18.8 Å². The molecular formula is C20H20N2O3. The maximum Gasteiger partial charge on any atom is 0.267 e. The molecule has 1 atom stereocenters. The van der Waals surface area contributed by atoms with E-state index in [4.69, 9.17) is 4.74 Å². The first-order chi connectivity index (χ1) is 11.9. The van der Waals surface area contributed by atoms with Gasteiger partial charge in [0.15, 0.2) is 6.10 Å². The number of fused-ring (bicyclic) bond motifs is 1. The molecule has 1 unspecified atom stereocenters. The van der Waals surface area contributed by atoms with Crippen LogP contribution in [0.15, 0.2) is 48.5 Å². The second-order valence-electron chi connectivity index (χ2n) is 6.07. The van der Waals surface area contributed by atoms with E-state index < -0.39 is 6.10 Å². The van der Waals surface area contributed by atoms with Crippen molar-refractivity contribution in [3.05, 3.63) is 59.7 Å². The van der Waals surface area contributed by atoms with Crippen molar-refractivity contribution in [2.24, 2.45) is 0 Å². The van der Waals surface area contributed by atoms with Gasteiger partial charge in [0.25, 0.3) is 5.91 Å². The lowest BCUT2D eigenvalue weighted by atomic mass is 10.1. The summed E-state index contributed by atoms with van der Waals surface area (Å²) in [6, 6.07) is 13.1. The van der Waals surface area contributed by atoms with Crippen LogP contribution in [-0.4, -0.2) is 25.0 Å². The Morgan fingerprint density at radius 1 is 1.20 bits per heavy atom. The molecule has 1 aliphatic rings. The van der Waals surface area contributed by atoms with Gasteiger partial charge in [0.1, 0.15) is 5.75 Å². The van der Waals surface area contributed by atoms with Crippen LogP contribution in [0.25, 0.3) is 6.08 Å². The Kier molecular flexibility index (Phi) is 4.57. The third kappa shape index (κ3) is 3.71. The molecule has 5 heteroatoms. The quantitative estimate of drug-likeness (QED) is 0.874. The lowest BCUT2D eigenvalue weighted by molar-refractivity contribution is -0.125. The van der Waals surface area contributed by atoms with E-state index in [1.165, 1.54) is 11.6 Å². The van der Waals surface area contributed by atoms with Crippen molar-refractivity contribution < 1.29 is 14.3 Å². The van der Waals surface area contributed by atoms with Crippen LogP contribution in [0.3, 0.4) is 0 Å². The summed E-state index contributed by atoms with van der Waals surface area (Å²) in [6.45, 7) is 3.73. The molecule has 0 spiro atoms. The van der Waals surface area contributed by atoms with Crippen LogP contribution in [-0.2, 0) is 9.59 Å². The van der Waals surface area contributed by atoms with Gasteiger partial charge in [-0.2, -0.15) is 0 Å². The highest BCUT2D eigenvalue weighted by molar-refractivity contribution is 6.04. The Hall–Kier alpha value is -3.08. The number of likely N-dealkylation sites (N-methyl/N-ethyl adjacent to an activating group) is 1. The number of rotatable bonds is 3. The predicted molar refractivity (Wildman–Crippen MR) is 98.8 cm³/mol. The molecule has 128 valence electrons. The molecule has 1 aliphatic heterocycles. The van der Waals surface area contributed by atoms with Crippen molar-refractivity contribution in [2.45, 2.75) is 20.0 Å². The highest BCUT2D eigenvalue weighted by Crippen LogP contribution is 2.35. The van der Waals surface area contributed by atoms with E-state index in [-0.39, 0.29) is 11.8 Å². The van der Waals surface area contributed by atoms with Crippen LogP contribution in [0, 0.1) is 6.92 Å². The summed E-state index contributed by atoms with van der Waals surface area (Å²) < 4.78 is 5.57. The van der Waals surface area contributed by atoms with Gasteiger partial charge in [0.2, 0.25) is 5.91 Å². The van der Waals surface area contributed by atoms with Gasteiger partial charge in [-0.3, -0.25) is 9.59 Å². The molecule has 2 aromatic carbocycles. The number of hydrogen-bond acceptors (Lipinski definition) is 3. The number of nitrogens with one attached hydrogen (secondary N) is 1. The van der Waals surface area contributed by atoms with Gasteiger partial charge < -0.3 is 15.0 Å². The number of anilines is 2. The van der Waals surface area contributed by atoms with E-state index in [9.17, 15) is 9.59 Å². The lowest BCUT2D eigenvalue weighted by Gasteiger charge is -2.30. The minimum Gasteiger partial charge on any atom is -0.479 e. The maximum atomic E-state index is 12.1. The molecule has 3 rings (SSSR count). The van der Waals surface area contributed by atoms with E-state index in [1.54, 1.807) is 43.1 Å². The van der Waals surface area contributed by atoms with Crippen molar-refractivity contribution in [3.8, 4) is 5.75 Å². The maximum absolute atomic E-state index is 12.1. The zero-order chi connectivity index (χ0) is 18.0. The van der Waals surface area contributed by atoms with Gasteiger partial charge in [-0.15, -0.1) is 0 Å². The van der Waals surface area contributed by atoms with Gasteiger partial charge in [-0.25, -0.2) is 0 Å². The van der Waals surface area contributed by atoms with Crippen molar-refractivity contribution in [1.82, 2.24) is 0 Å². The smallest absolute Gasteiger partial charge is 0.267 e. The fourth-order valence-electron chi connectivity index (χ4n) is 2.62. The molecule has 0 bridgehead atoms. The topological polar surface area (TPSA) is 58.6 Å². The summed E-state index contributed by atoms with van der Waals surface area (Å²) in [7, 11) is 1.70. The van der Waals surface area contributed by atoms with Crippen LogP contribution >= 0.6 is 0 Å². The molecule has 0 aliphatic carbocycles. The molecule has 0 fully saturated rings. The number of aryl methyl sites for hydroxylation is 1. The van der Waals surface area contributed by atoms with E-state index in [0.717, 1.165) is 5.56 Å². The third-order valence-corrected chi connectivity index (χ3v) is 4.07. The van der Waals surface area contributed by atoms with Gasteiger partial charge >= 0.3 is 0 Å². The highest BCUT2D eigenvalue weighted by atomic mass is 16.5. The van der Waals surface area contributed by atoms with Gasteiger partial charge in [0.05, 0.1) is 5.69 Å². The van der Waals surface area contributed by atoms with Crippen LogP contribution in [0.1, 0.15) is 18.1 Å².